The molecule has 0 aliphatic heterocycles. The Morgan fingerprint density at radius 2 is 0.549 bits per heavy atom. The van der Waals surface area contributed by atoms with Crippen molar-refractivity contribution in [1.29, 1.82) is 0 Å². The highest BCUT2D eigenvalue weighted by atomic mass is 16.5. The van der Waals surface area contributed by atoms with Crippen molar-refractivity contribution >= 4 is 0 Å². The molecule has 0 atom stereocenters. The smallest absolute Gasteiger partial charge is 0.0466 e. The first-order valence-corrected chi connectivity index (χ1v) is 22.9. The quantitative estimate of drug-likeness (QED) is 0.0463. The summed E-state index contributed by atoms with van der Waals surface area (Å²) in [6, 6.07) is 0. The molecule has 0 radical (unpaired) electrons. The molecule has 300 valence electrons. The van der Waals surface area contributed by atoms with Crippen LogP contribution in [0.5, 0.6) is 0 Å². The van der Waals surface area contributed by atoms with Crippen LogP contribution in [0.1, 0.15) is 207 Å². The Hall–Kier alpha value is -1.16. The van der Waals surface area contributed by atoms with Crippen LogP contribution in [-0.4, -0.2) is 62.3 Å². The Labute approximate surface area is 322 Å². The molecule has 0 N–H and O–H groups in total. The molecule has 3 nitrogen and oxygen atoms in total. The Balaban J connectivity index is 3.24. The average molecular weight is 713 g/mol. The van der Waals surface area contributed by atoms with E-state index in [0.29, 0.717) is 0 Å². The van der Waals surface area contributed by atoms with Crippen LogP contribution in [0.4, 0.5) is 0 Å². The summed E-state index contributed by atoms with van der Waals surface area (Å²) in [5.41, 5.74) is 0. The summed E-state index contributed by atoms with van der Waals surface area (Å²) in [6.45, 7) is 18.4. The van der Waals surface area contributed by atoms with Crippen LogP contribution in [0, 0.1) is 0 Å². The molecule has 51 heavy (non-hydrogen) atoms. The number of nitrogens with zero attached hydrogens (tertiary/aromatic N) is 2. The molecular weight excluding hydrogens is 621 g/mol. The molecule has 0 saturated carbocycles. The fourth-order valence-electron chi connectivity index (χ4n) is 6.80. The van der Waals surface area contributed by atoms with Crippen LogP contribution < -0.4 is 0 Å². The van der Waals surface area contributed by atoms with Gasteiger partial charge >= 0.3 is 0 Å². The average Bonchev–Trinajstić information content (AvgIpc) is 3.15. The van der Waals surface area contributed by atoms with Gasteiger partial charge in [0.2, 0.25) is 0 Å². The minimum atomic E-state index is 0.964. The highest BCUT2D eigenvalue weighted by Gasteiger charge is 1.99. The molecule has 0 spiro atoms. The van der Waals surface area contributed by atoms with E-state index in [2.05, 4.69) is 86.1 Å². The zero-order valence-corrected chi connectivity index (χ0v) is 35.4. The molecule has 0 saturated heterocycles. The van der Waals surface area contributed by atoms with Gasteiger partial charge in [0.15, 0.2) is 0 Å². The van der Waals surface area contributed by atoms with Crippen LogP contribution in [0.2, 0.25) is 0 Å². The van der Waals surface area contributed by atoms with Gasteiger partial charge in [-0.05, 0) is 129 Å². The van der Waals surface area contributed by atoms with Gasteiger partial charge < -0.3 is 14.5 Å². The lowest BCUT2D eigenvalue weighted by Gasteiger charge is -2.17. The summed E-state index contributed by atoms with van der Waals surface area (Å²) >= 11 is 0. The highest BCUT2D eigenvalue weighted by molar-refractivity contribution is 4.93. The SMILES string of the molecule is CCN(CC)CCCCCCC/C=C\C/C=C\CCCCCCCCOCCCCCCCC/C=C\C/C=C\CCCCCCCN(CC)CC. The summed E-state index contributed by atoms with van der Waals surface area (Å²) < 4.78 is 5.90. The summed E-state index contributed by atoms with van der Waals surface area (Å²) in [7, 11) is 0. The van der Waals surface area contributed by atoms with Crippen molar-refractivity contribution in [3.05, 3.63) is 48.6 Å². The van der Waals surface area contributed by atoms with Gasteiger partial charge in [0, 0.05) is 13.2 Å². The molecule has 0 aromatic heterocycles. The van der Waals surface area contributed by atoms with Crippen molar-refractivity contribution < 1.29 is 4.74 Å². The number of unbranched alkanes of at least 4 members (excludes halogenated alkanes) is 22. The zero-order chi connectivity index (χ0) is 37.0. The Bertz CT molecular complexity index is 686. The first-order valence-electron chi connectivity index (χ1n) is 22.9. The van der Waals surface area contributed by atoms with E-state index in [9.17, 15) is 0 Å². The lowest BCUT2D eigenvalue weighted by atomic mass is 10.1. The monoisotopic (exact) mass is 713 g/mol. The normalized spacial score (nSPS) is 12.5. The third-order valence-corrected chi connectivity index (χ3v) is 10.5. The molecular formula is C48H92N2O. The molecule has 0 fully saturated rings. The fourth-order valence-corrected chi connectivity index (χ4v) is 6.80. The second-order valence-electron chi connectivity index (χ2n) is 15.0. The molecule has 0 rings (SSSR count). The minimum Gasteiger partial charge on any atom is -0.381 e. The number of ether oxygens (including phenoxy) is 1. The fraction of sp³-hybridized carbons (Fsp3) is 0.833. The van der Waals surface area contributed by atoms with Crippen LogP contribution >= 0.6 is 0 Å². The van der Waals surface area contributed by atoms with E-state index in [0.717, 1.165) is 26.1 Å². The van der Waals surface area contributed by atoms with Gasteiger partial charge in [0.1, 0.15) is 0 Å². The number of hydrogen-bond acceptors (Lipinski definition) is 3. The van der Waals surface area contributed by atoms with E-state index in [1.807, 2.05) is 0 Å². The molecule has 0 unspecified atom stereocenters. The van der Waals surface area contributed by atoms with Crippen molar-refractivity contribution in [2.24, 2.45) is 0 Å². The van der Waals surface area contributed by atoms with Crippen molar-refractivity contribution in [2.45, 2.75) is 207 Å². The molecule has 0 aromatic carbocycles. The van der Waals surface area contributed by atoms with Crippen molar-refractivity contribution in [3.63, 3.8) is 0 Å². The Kier molecular flexibility index (Phi) is 44.0. The van der Waals surface area contributed by atoms with Gasteiger partial charge in [-0.25, -0.2) is 0 Å². The Morgan fingerprint density at radius 1 is 0.294 bits per heavy atom. The largest absolute Gasteiger partial charge is 0.381 e. The summed E-state index contributed by atoms with van der Waals surface area (Å²) in [5, 5.41) is 0. The lowest BCUT2D eigenvalue weighted by Crippen LogP contribution is -2.23. The summed E-state index contributed by atoms with van der Waals surface area (Å²) in [6.07, 6.45) is 56.2. The van der Waals surface area contributed by atoms with E-state index in [1.165, 1.54) is 206 Å². The van der Waals surface area contributed by atoms with E-state index in [-0.39, 0.29) is 0 Å². The van der Waals surface area contributed by atoms with Crippen molar-refractivity contribution in [3.8, 4) is 0 Å². The first-order chi connectivity index (χ1) is 25.3. The molecule has 0 aliphatic carbocycles. The van der Waals surface area contributed by atoms with E-state index in [1.54, 1.807) is 0 Å². The van der Waals surface area contributed by atoms with Crippen molar-refractivity contribution in [2.75, 3.05) is 52.5 Å². The molecule has 3 heteroatoms. The minimum absolute atomic E-state index is 0.964. The van der Waals surface area contributed by atoms with Gasteiger partial charge in [-0.3, -0.25) is 0 Å². The highest BCUT2D eigenvalue weighted by Crippen LogP contribution is 2.11. The maximum Gasteiger partial charge on any atom is 0.0466 e. The summed E-state index contributed by atoms with van der Waals surface area (Å²) in [5.74, 6) is 0. The van der Waals surface area contributed by atoms with Gasteiger partial charge in [0.25, 0.3) is 0 Å². The Morgan fingerprint density at radius 3 is 0.843 bits per heavy atom. The predicted molar refractivity (Wildman–Crippen MR) is 232 cm³/mol. The predicted octanol–water partition coefficient (Wildman–Crippen LogP) is 14.8. The molecule has 0 amide bonds. The molecule has 0 heterocycles. The van der Waals surface area contributed by atoms with Gasteiger partial charge in [-0.15, -0.1) is 0 Å². The second-order valence-corrected chi connectivity index (χ2v) is 15.0. The number of allylic oxidation sites excluding steroid dienone is 8. The van der Waals surface area contributed by atoms with E-state index >= 15 is 0 Å². The lowest BCUT2D eigenvalue weighted by molar-refractivity contribution is 0.125. The first kappa shape index (κ1) is 49.8. The van der Waals surface area contributed by atoms with E-state index < -0.39 is 0 Å². The number of hydrogen-bond donors (Lipinski definition) is 0. The van der Waals surface area contributed by atoms with Crippen LogP contribution in [0.25, 0.3) is 0 Å². The number of rotatable bonds is 42. The molecule has 0 aromatic rings. The van der Waals surface area contributed by atoms with Gasteiger partial charge in [0.05, 0.1) is 0 Å². The van der Waals surface area contributed by atoms with Gasteiger partial charge in [-0.1, -0.05) is 166 Å². The second kappa shape index (κ2) is 45.0. The molecule has 0 bridgehead atoms. The van der Waals surface area contributed by atoms with Crippen LogP contribution in [-0.2, 0) is 4.74 Å². The van der Waals surface area contributed by atoms with E-state index in [4.69, 9.17) is 4.74 Å². The summed E-state index contributed by atoms with van der Waals surface area (Å²) in [4.78, 5) is 5.08. The van der Waals surface area contributed by atoms with Crippen LogP contribution in [0.3, 0.4) is 0 Å². The third kappa shape index (κ3) is 41.5. The van der Waals surface area contributed by atoms with Gasteiger partial charge in [-0.2, -0.15) is 0 Å². The maximum atomic E-state index is 5.90. The zero-order valence-electron chi connectivity index (χ0n) is 35.4. The van der Waals surface area contributed by atoms with Crippen LogP contribution in [0.15, 0.2) is 48.6 Å². The maximum absolute atomic E-state index is 5.90. The molecule has 0 aliphatic rings. The van der Waals surface area contributed by atoms with Crippen molar-refractivity contribution in [1.82, 2.24) is 9.80 Å². The topological polar surface area (TPSA) is 15.7 Å². The third-order valence-electron chi connectivity index (χ3n) is 10.5. The standard InChI is InChI=1S/C48H92N2O/c1-5-49(6-2)45-41-37-33-29-25-21-17-13-9-11-15-19-23-27-31-35-39-43-47-51-48-44-40-36-32-28-24-20-16-12-10-14-18-22-26-30-34-38-42-46-50(7-3)8-4/h11-18H,5-10,19-48H2,1-4H3/b15-11-,16-12-,17-13-,18-14-.